The van der Waals surface area contributed by atoms with E-state index < -0.39 is 6.09 Å². The van der Waals surface area contributed by atoms with E-state index in [2.05, 4.69) is 0 Å². The van der Waals surface area contributed by atoms with Crippen LogP contribution >= 0.6 is 0 Å². The van der Waals surface area contributed by atoms with E-state index in [0.29, 0.717) is 29.9 Å². The van der Waals surface area contributed by atoms with Crippen molar-refractivity contribution in [3.63, 3.8) is 0 Å². The van der Waals surface area contributed by atoms with Gasteiger partial charge in [0.05, 0.1) is 6.54 Å². The molecule has 1 amide bonds. The first-order valence-electron chi connectivity index (χ1n) is 11.5. The van der Waals surface area contributed by atoms with Crippen LogP contribution in [0.1, 0.15) is 81.1 Å². The number of amidine groups is 1. The summed E-state index contributed by atoms with van der Waals surface area (Å²) in [5.74, 6) is 0.302. The standard InChI is InChI=1S/C27H35N3O4/c1-8-30(25(33)34)18-10-9-16-14-29(24(28)19(16)13-18)15-22(31)17-11-20(26(2,3)4)23(32)21(12-17)27(5,6)7/h9-13,28,32H,8,14-15H2,1-7H3,(H,33,34). The number of hydrogen-bond donors (Lipinski definition) is 3. The zero-order valence-electron chi connectivity index (χ0n) is 21.1. The minimum Gasteiger partial charge on any atom is -0.507 e. The Morgan fingerprint density at radius 3 is 2.06 bits per heavy atom. The second-order valence-corrected chi connectivity index (χ2v) is 10.9. The molecule has 3 N–H and O–H groups in total. The summed E-state index contributed by atoms with van der Waals surface area (Å²) in [4.78, 5) is 27.8. The van der Waals surface area contributed by atoms with Crippen LogP contribution in [0, 0.1) is 5.41 Å². The third-order valence-corrected chi connectivity index (χ3v) is 6.27. The number of amides is 1. The van der Waals surface area contributed by atoms with Crippen LogP contribution in [0.3, 0.4) is 0 Å². The molecule has 7 heteroatoms. The van der Waals surface area contributed by atoms with Gasteiger partial charge in [-0.05, 0) is 47.6 Å². The highest BCUT2D eigenvalue weighted by molar-refractivity contribution is 6.06. The van der Waals surface area contributed by atoms with Crippen molar-refractivity contribution < 1.29 is 19.8 Å². The summed E-state index contributed by atoms with van der Waals surface area (Å²) in [6.45, 7) is 14.5. The smallest absolute Gasteiger partial charge is 0.411 e. The molecule has 0 spiro atoms. The molecule has 182 valence electrons. The van der Waals surface area contributed by atoms with Crippen LogP contribution in [-0.4, -0.2) is 45.9 Å². The summed E-state index contributed by atoms with van der Waals surface area (Å²) in [6.07, 6.45) is -1.05. The molecule has 34 heavy (non-hydrogen) atoms. The lowest BCUT2D eigenvalue weighted by Gasteiger charge is -2.28. The summed E-state index contributed by atoms with van der Waals surface area (Å²) >= 11 is 0. The SMILES string of the molecule is CCN(C(=O)O)c1ccc2c(c1)C(=N)N(CC(=O)c1cc(C(C)(C)C)c(O)c(C(C)(C)C)c1)C2. The van der Waals surface area contributed by atoms with Crippen LogP contribution < -0.4 is 4.90 Å². The zero-order chi connectivity index (χ0) is 25.6. The van der Waals surface area contributed by atoms with Crippen molar-refractivity contribution in [1.29, 1.82) is 5.41 Å². The van der Waals surface area contributed by atoms with Crippen LogP contribution in [0.25, 0.3) is 0 Å². The Morgan fingerprint density at radius 1 is 1.03 bits per heavy atom. The Kier molecular flexibility index (Phi) is 6.53. The van der Waals surface area contributed by atoms with Crippen molar-refractivity contribution in [2.45, 2.75) is 65.8 Å². The fraction of sp³-hybridized carbons (Fsp3) is 0.444. The van der Waals surface area contributed by atoms with Crippen LogP contribution in [0.4, 0.5) is 10.5 Å². The number of carbonyl (C=O) groups excluding carboxylic acids is 1. The molecule has 2 aromatic rings. The number of nitrogens with zero attached hydrogens (tertiary/aromatic N) is 2. The first-order chi connectivity index (χ1) is 15.6. The maximum absolute atomic E-state index is 13.4. The number of phenolic OH excluding ortho intramolecular Hbond substituents is 1. The third kappa shape index (κ3) is 4.79. The largest absolute Gasteiger partial charge is 0.507 e. The molecule has 0 fully saturated rings. The number of Topliss-reactive ketones (excluding diaryl/α,β-unsaturated/α-hetero) is 1. The van der Waals surface area contributed by atoms with E-state index in [-0.39, 0.29) is 34.7 Å². The molecule has 0 saturated heterocycles. The maximum atomic E-state index is 13.4. The maximum Gasteiger partial charge on any atom is 0.411 e. The summed E-state index contributed by atoms with van der Waals surface area (Å²) in [6, 6.07) is 8.80. The van der Waals surface area contributed by atoms with Crippen molar-refractivity contribution in [2.24, 2.45) is 0 Å². The number of fused-ring (bicyclic) bond motifs is 1. The van der Waals surface area contributed by atoms with E-state index >= 15 is 0 Å². The lowest BCUT2D eigenvalue weighted by atomic mass is 9.78. The van der Waals surface area contributed by atoms with Gasteiger partial charge in [0.2, 0.25) is 0 Å². The molecular weight excluding hydrogens is 430 g/mol. The molecule has 0 saturated carbocycles. The van der Waals surface area contributed by atoms with Gasteiger partial charge in [-0.25, -0.2) is 4.79 Å². The quantitative estimate of drug-likeness (QED) is 0.505. The summed E-state index contributed by atoms with van der Waals surface area (Å²) < 4.78 is 0. The lowest BCUT2D eigenvalue weighted by molar-refractivity contribution is 0.0962. The van der Waals surface area contributed by atoms with Gasteiger partial charge in [0.25, 0.3) is 0 Å². The van der Waals surface area contributed by atoms with E-state index in [1.807, 2.05) is 47.6 Å². The molecule has 0 atom stereocenters. The summed E-state index contributed by atoms with van der Waals surface area (Å²) in [5.41, 5.74) is 3.31. The highest BCUT2D eigenvalue weighted by Crippen LogP contribution is 2.40. The second kappa shape index (κ2) is 8.78. The number of benzene rings is 2. The molecule has 0 bridgehead atoms. The molecule has 0 unspecified atom stereocenters. The number of carbonyl (C=O) groups is 2. The van der Waals surface area contributed by atoms with Gasteiger partial charge in [-0.1, -0.05) is 47.6 Å². The molecule has 1 heterocycles. The van der Waals surface area contributed by atoms with Crippen LogP contribution in [0.5, 0.6) is 5.75 Å². The van der Waals surface area contributed by atoms with Crippen molar-refractivity contribution in [2.75, 3.05) is 18.0 Å². The minimum atomic E-state index is -1.05. The van der Waals surface area contributed by atoms with Gasteiger partial charge in [0, 0.05) is 41.0 Å². The number of hydrogen-bond acceptors (Lipinski definition) is 4. The molecule has 3 rings (SSSR count). The number of carboxylic acid groups (broad SMARTS) is 1. The van der Waals surface area contributed by atoms with Crippen molar-refractivity contribution in [3.8, 4) is 5.75 Å². The highest BCUT2D eigenvalue weighted by Gasteiger charge is 2.30. The topological polar surface area (TPSA) is 105 Å². The number of anilines is 1. The fourth-order valence-corrected chi connectivity index (χ4v) is 4.31. The predicted molar refractivity (Wildman–Crippen MR) is 135 cm³/mol. The number of phenols is 1. The Balaban J connectivity index is 1.91. The van der Waals surface area contributed by atoms with Gasteiger partial charge in [0.1, 0.15) is 11.6 Å². The zero-order valence-corrected chi connectivity index (χ0v) is 21.1. The monoisotopic (exact) mass is 465 g/mol. The molecule has 1 aliphatic heterocycles. The van der Waals surface area contributed by atoms with Gasteiger partial charge in [-0.2, -0.15) is 0 Å². The predicted octanol–water partition coefficient (Wildman–Crippen LogP) is 5.52. The molecule has 0 aromatic heterocycles. The molecule has 7 nitrogen and oxygen atoms in total. The van der Waals surface area contributed by atoms with Crippen molar-refractivity contribution in [1.82, 2.24) is 4.90 Å². The minimum absolute atomic E-state index is 0.0250. The highest BCUT2D eigenvalue weighted by atomic mass is 16.4. The Hall–Kier alpha value is -3.35. The lowest BCUT2D eigenvalue weighted by Crippen LogP contribution is -2.31. The molecule has 2 aromatic carbocycles. The normalized spacial score (nSPS) is 13.7. The Bertz CT molecular complexity index is 1120. The van der Waals surface area contributed by atoms with E-state index in [4.69, 9.17) is 5.41 Å². The van der Waals surface area contributed by atoms with Gasteiger partial charge in [-0.15, -0.1) is 0 Å². The number of rotatable bonds is 5. The summed E-state index contributed by atoms with van der Waals surface area (Å²) in [5, 5.41) is 29.0. The van der Waals surface area contributed by atoms with Crippen LogP contribution in [0.2, 0.25) is 0 Å². The molecule has 0 aliphatic carbocycles. The number of ketones is 1. The van der Waals surface area contributed by atoms with Gasteiger partial charge >= 0.3 is 6.09 Å². The summed E-state index contributed by atoms with van der Waals surface area (Å²) in [7, 11) is 0. The van der Waals surface area contributed by atoms with Crippen LogP contribution in [-0.2, 0) is 17.4 Å². The molecular formula is C27H35N3O4. The average Bonchev–Trinajstić information content (AvgIpc) is 3.01. The first-order valence-corrected chi connectivity index (χ1v) is 11.5. The third-order valence-electron chi connectivity index (χ3n) is 6.27. The van der Waals surface area contributed by atoms with E-state index in [1.54, 1.807) is 36.1 Å². The Morgan fingerprint density at radius 2 is 1.59 bits per heavy atom. The number of nitrogens with one attached hydrogen (secondary N) is 1. The Labute approximate surface area is 201 Å². The molecule has 1 aliphatic rings. The van der Waals surface area contributed by atoms with Gasteiger partial charge < -0.3 is 15.1 Å². The average molecular weight is 466 g/mol. The van der Waals surface area contributed by atoms with Crippen molar-refractivity contribution in [3.05, 3.63) is 58.1 Å². The van der Waals surface area contributed by atoms with E-state index in [9.17, 15) is 19.8 Å². The first kappa shape index (κ1) is 25.3. The van der Waals surface area contributed by atoms with E-state index in [0.717, 1.165) is 16.7 Å². The van der Waals surface area contributed by atoms with Gasteiger partial charge in [0.15, 0.2) is 5.78 Å². The fourth-order valence-electron chi connectivity index (χ4n) is 4.31. The van der Waals surface area contributed by atoms with E-state index in [1.165, 1.54) is 4.90 Å². The van der Waals surface area contributed by atoms with Gasteiger partial charge in [-0.3, -0.25) is 15.1 Å². The van der Waals surface area contributed by atoms with Crippen LogP contribution in [0.15, 0.2) is 30.3 Å². The molecule has 0 radical (unpaired) electrons. The number of aromatic hydroxyl groups is 1. The van der Waals surface area contributed by atoms with Crippen molar-refractivity contribution >= 4 is 23.4 Å². The second-order valence-electron chi connectivity index (χ2n) is 10.9.